The Hall–Kier alpha value is 1.71. The average Bonchev–Trinajstić information content (AvgIpc) is 2.46. The minimum Gasteiger partial charge on any atom is -0.559 e. The van der Waals surface area contributed by atoms with Crippen LogP contribution >= 0.6 is 11.3 Å². The van der Waals surface area contributed by atoms with Crippen molar-refractivity contribution in [2.45, 2.75) is 0 Å². The summed E-state index contributed by atoms with van der Waals surface area (Å²) in [5, 5.41) is 17.9. The summed E-state index contributed by atoms with van der Waals surface area (Å²) in [6, 6.07) is 8.66. The second kappa shape index (κ2) is 8.75. The molecule has 0 spiro atoms. The zero-order valence-electron chi connectivity index (χ0n) is 7.56. The van der Waals surface area contributed by atoms with Gasteiger partial charge >= 0.3 is 0 Å². The second-order valence-electron chi connectivity index (χ2n) is 2.11. The molecule has 0 fully saturated rings. The van der Waals surface area contributed by atoms with Gasteiger partial charge in [-0.1, -0.05) is 0 Å². The van der Waals surface area contributed by atoms with Crippen LogP contribution in [0.4, 0.5) is 0 Å². The van der Waals surface area contributed by atoms with E-state index in [0.717, 1.165) is 0 Å². The van der Waals surface area contributed by atoms with Gasteiger partial charge in [0.2, 0.25) is 0 Å². The van der Waals surface area contributed by atoms with Crippen LogP contribution in [0.1, 0.15) is 5.01 Å². The molecule has 0 bridgehead atoms. The second-order valence-corrected chi connectivity index (χ2v) is 3.11. The Morgan fingerprint density at radius 1 is 1.40 bits per heavy atom. The van der Waals surface area contributed by atoms with Crippen LogP contribution in [-0.4, -0.2) is 10.1 Å². The normalized spacial score (nSPS) is 7.93. The molecule has 7 heteroatoms. The van der Waals surface area contributed by atoms with Gasteiger partial charge in [-0.2, -0.15) is 21.3 Å². The molecule has 1 heterocycles. The molecule has 1 aromatic heterocycles. The summed E-state index contributed by atoms with van der Waals surface area (Å²) in [5.74, 6) is -0.0457. The number of phenols is 1. The summed E-state index contributed by atoms with van der Waals surface area (Å²) in [7, 11) is 0. The Bertz CT molecular complexity index is 480. The number of phenolic OH excluding ortho intramolecular Hbond substituents is 1. The number of benzene rings is 1. The standard InChI is InChI=1S/C8H2N2OS.3Y/c9-4-8-10-6-2-1-5(11)3-7(6)12-8;;;/h2,11H;;;/q-2;;;. The van der Waals surface area contributed by atoms with Crippen molar-refractivity contribution in [3.05, 3.63) is 23.2 Å². The molecule has 1 N–H and O–H groups in total. The van der Waals surface area contributed by atoms with Crippen molar-refractivity contribution in [1.29, 1.82) is 5.26 Å². The number of thiazole rings is 1. The number of hydrogen-bond acceptors (Lipinski definition) is 4. The Morgan fingerprint density at radius 2 is 2.07 bits per heavy atom. The summed E-state index contributed by atoms with van der Waals surface area (Å²) in [6.07, 6.45) is 0. The summed E-state index contributed by atoms with van der Waals surface area (Å²) in [6.45, 7) is 0. The molecule has 0 amide bonds. The first-order valence-corrected chi connectivity index (χ1v) is 3.95. The third-order valence-electron chi connectivity index (χ3n) is 1.33. The molecule has 2 aromatic rings. The first-order valence-electron chi connectivity index (χ1n) is 3.13. The van der Waals surface area contributed by atoms with Crippen molar-refractivity contribution < 1.29 is 103 Å². The van der Waals surface area contributed by atoms with Crippen molar-refractivity contribution in [2.75, 3.05) is 0 Å². The molecule has 3 radical (unpaired) electrons. The zero-order valence-corrected chi connectivity index (χ0v) is 16.9. The van der Waals surface area contributed by atoms with Crippen molar-refractivity contribution in [2.24, 2.45) is 0 Å². The molecule has 0 aliphatic carbocycles. The molecule has 0 unspecified atom stereocenters. The van der Waals surface area contributed by atoms with Crippen LogP contribution in [0.15, 0.2) is 6.07 Å². The maximum Gasteiger partial charge on any atom is 0.168 e. The summed E-state index contributed by atoms with van der Waals surface area (Å²) >= 11 is 1.20. The Labute approximate surface area is 167 Å². The van der Waals surface area contributed by atoms with E-state index < -0.39 is 0 Å². The molecule has 0 aliphatic rings. The zero-order chi connectivity index (χ0) is 8.55. The van der Waals surface area contributed by atoms with Crippen LogP contribution < -0.4 is 0 Å². The third kappa shape index (κ3) is 4.84. The van der Waals surface area contributed by atoms with E-state index in [4.69, 9.17) is 10.4 Å². The van der Waals surface area contributed by atoms with Crippen molar-refractivity contribution in [3.8, 4) is 11.8 Å². The molecule has 0 atom stereocenters. The number of nitriles is 1. The Morgan fingerprint density at radius 3 is 2.67 bits per heavy atom. The van der Waals surface area contributed by atoms with Gasteiger partial charge in [-0.05, 0) is 0 Å². The summed E-state index contributed by atoms with van der Waals surface area (Å²) in [5.41, 5.74) is 0.648. The number of aromatic nitrogens is 1. The number of aromatic hydroxyl groups is 1. The van der Waals surface area contributed by atoms with Crippen LogP contribution in [0, 0.1) is 23.5 Å². The van der Waals surface area contributed by atoms with E-state index in [-0.39, 0.29) is 104 Å². The largest absolute Gasteiger partial charge is 0.559 e. The predicted octanol–water partition coefficient (Wildman–Crippen LogP) is 1.47. The van der Waals surface area contributed by atoms with Crippen molar-refractivity contribution >= 4 is 21.6 Å². The number of hydrogen-bond donors (Lipinski definition) is 1. The Balaban J connectivity index is 0. The fourth-order valence-electron chi connectivity index (χ4n) is 0.847. The first-order chi connectivity index (χ1) is 5.79. The maximum atomic E-state index is 9.00. The van der Waals surface area contributed by atoms with Gasteiger partial charge in [0.15, 0.2) is 5.01 Å². The number of fused-ring (bicyclic) bond motifs is 1. The quantitative estimate of drug-likeness (QED) is 0.631. The minimum absolute atomic E-state index is 0. The van der Waals surface area contributed by atoms with Gasteiger partial charge in [0.1, 0.15) is 6.07 Å². The Kier molecular flexibility index (Phi) is 11.1. The molecule has 0 saturated carbocycles. The SMILES string of the molecule is N#Cc1nc2c[c-]c(O)[c-]c2s1.[Y].[Y].[Y]. The van der Waals surface area contributed by atoms with E-state index in [1.54, 1.807) is 6.07 Å². The van der Waals surface area contributed by atoms with E-state index >= 15 is 0 Å². The predicted molar refractivity (Wildman–Crippen MR) is 43.7 cm³/mol. The van der Waals surface area contributed by atoms with Crippen LogP contribution in [0.5, 0.6) is 5.75 Å². The summed E-state index contributed by atoms with van der Waals surface area (Å²) < 4.78 is 0.683. The van der Waals surface area contributed by atoms with Crippen LogP contribution in [0.3, 0.4) is 0 Å². The van der Waals surface area contributed by atoms with Gasteiger partial charge in [-0.3, -0.25) is 12.1 Å². The van der Waals surface area contributed by atoms with E-state index in [2.05, 4.69) is 17.1 Å². The molecule has 3 nitrogen and oxygen atoms in total. The molecular weight excluding hydrogens is 439 g/mol. The van der Waals surface area contributed by atoms with Gasteiger partial charge in [-0.15, -0.1) is 11.3 Å². The molecular formula is C8H2N2OSY3-2. The van der Waals surface area contributed by atoms with Gasteiger partial charge in [-0.25, -0.2) is 0 Å². The first kappa shape index (κ1) is 19.1. The molecule has 15 heavy (non-hydrogen) atoms. The van der Waals surface area contributed by atoms with Gasteiger partial charge < -0.3 is 16.2 Å². The van der Waals surface area contributed by atoms with E-state index in [9.17, 15) is 0 Å². The molecule has 1 aromatic carbocycles. The topological polar surface area (TPSA) is 56.9 Å². The maximum absolute atomic E-state index is 9.00. The summed E-state index contributed by atoms with van der Waals surface area (Å²) in [4.78, 5) is 3.96. The van der Waals surface area contributed by atoms with Crippen molar-refractivity contribution in [3.63, 3.8) is 0 Å². The fourth-order valence-corrected chi connectivity index (χ4v) is 1.59. The van der Waals surface area contributed by atoms with Crippen LogP contribution in [0.25, 0.3) is 10.2 Å². The monoisotopic (exact) mass is 441 g/mol. The number of nitrogens with zero attached hydrogens (tertiary/aromatic N) is 2. The van der Waals surface area contributed by atoms with E-state index in [1.165, 1.54) is 11.3 Å². The fraction of sp³-hybridized carbons (Fsp3) is 0. The third-order valence-corrected chi connectivity index (χ3v) is 2.22. The molecule has 0 saturated heterocycles. The molecule has 2 rings (SSSR count). The molecule has 67 valence electrons. The van der Waals surface area contributed by atoms with E-state index in [1.807, 2.05) is 6.07 Å². The van der Waals surface area contributed by atoms with Gasteiger partial charge in [0.25, 0.3) is 0 Å². The average molecular weight is 441 g/mol. The van der Waals surface area contributed by atoms with E-state index in [0.29, 0.717) is 15.2 Å². The van der Waals surface area contributed by atoms with Crippen LogP contribution in [-0.2, 0) is 98.1 Å². The molecule has 0 aliphatic heterocycles. The minimum atomic E-state index is -0.0457. The number of rotatable bonds is 0. The smallest absolute Gasteiger partial charge is 0.168 e. The van der Waals surface area contributed by atoms with Gasteiger partial charge in [0.05, 0.1) is 0 Å². The van der Waals surface area contributed by atoms with Crippen molar-refractivity contribution in [1.82, 2.24) is 4.98 Å². The van der Waals surface area contributed by atoms with Crippen LogP contribution in [0.2, 0.25) is 0 Å². The van der Waals surface area contributed by atoms with Gasteiger partial charge in [0, 0.05) is 98.1 Å².